The Hall–Kier alpha value is -1.57. The molecule has 2 N–H and O–H groups in total. The average molecular weight is 262 g/mol. The number of aromatic nitrogens is 2. The van der Waals surface area contributed by atoms with Crippen molar-refractivity contribution in [1.29, 1.82) is 0 Å². The van der Waals surface area contributed by atoms with E-state index >= 15 is 0 Å². The van der Waals surface area contributed by atoms with E-state index in [0.717, 1.165) is 6.42 Å². The third-order valence-electron chi connectivity index (χ3n) is 2.53. The largest absolute Gasteiger partial charge is 0.451 e. The molecule has 1 saturated heterocycles. The van der Waals surface area contributed by atoms with E-state index in [4.69, 9.17) is 10.5 Å². The molecular weight excluding hydrogens is 249 g/mol. The number of alkyl halides is 3. The van der Waals surface area contributed by atoms with E-state index in [0.29, 0.717) is 26.3 Å². The molecule has 1 aliphatic rings. The first-order valence-corrected chi connectivity index (χ1v) is 5.51. The van der Waals surface area contributed by atoms with Gasteiger partial charge in [0.15, 0.2) is 0 Å². The Morgan fingerprint density at radius 1 is 1.22 bits per heavy atom. The van der Waals surface area contributed by atoms with Gasteiger partial charge in [-0.15, -0.1) is 0 Å². The van der Waals surface area contributed by atoms with Crippen molar-refractivity contribution < 1.29 is 17.9 Å². The standard InChI is InChI=1S/C10H13F3N4O/c11-10(12,13)9-15-7(14)6-8(16-9)17-2-1-4-18-5-3-17/h6H,1-5H2,(H2,14,15,16). The maximum Gasteiger partial charge on any atom is 0.451 e. The SMILES string of the molecule is Nc1cc(N2CCCOCC2)nc(C(F)(F)F)n1. The van der Waals surface area contributed by atoms with Gasteiger partial charge < -0.3 is 15.4 Å². The summed E-state index contributed by atoms with van der Waals surface area (Å²) in [4.78, 5) is 8.45. The lowest BCUT2D eigenvalue weighted by Crippen LogP contribution is -2.28. The summed E-state index contributed by atoms with van der Waals surface area (Å²) in [5.74, 6) is -1.19. The molecule has 0 atom stereocenters. The van der Waals surface area contributed by atoms with Crippen LogP contribution in [0.1, 0.15) is 12.2 Å². The molecular formula is C10H13F3N4O. The van der Waals surface area contributed by atoms with Crippen LogP contribution in [0.2, 0.25) is 0 Å². The second-order valence-corrected chi connectivity index (χ2v) is 3.93. The first-order valence-electron chi connectivity index (χ1n) is 5.51. The minimum atomic E-state index is -4.59. The highest BCUT2D eigenvalue weighted by Gasteiger charge is 2.35. The molecule has 5 nitrogen and oxygen atoms in total. The van der Waals surface area contributed by atoms with Gasteiger partial charge in [-0.25, -0.2) is 9.97 Å². The molecule has 2 heterocycles. The molecule has 0 saturated carbocycles. The van der Waals surface area contributed by atoms with E-state index in [1.165, 1.54) is 6.07 Å². The number of hydrogen-bond donors (Lipinski definition) is 1. The molecule has 0 spiro atoms. The first kappa shape index (κ1) is 12.9. The molecule has 1 aromatic rings. The number of nitrogen functional groups attached to an aromatic ring is 1. The summed E-state index contributed by atoms with van der Waals surface area (Å²) in [6.07, 6.45) is -3.85. The van der Waals surface area contributed by atoms with Crippen LogP contribution in [0.25, 0.3) is 0 Å². The first-order chi connectivity index (χ1) is 8.47. The van der Waals surface area contributed by atoms with E-state index < -0.39 is 12.0 Å². The zero-order valence-electron chi connectivity index (χ0n) is 9.57. The van der Waals surface area contributed by atoms with Crippen LogP contribution in [0.4, 0.5) is 24.8 Å². The molecule has 0 radical (unpaired) electrons. The average Bonchev–Trinajstić information content (AvgIpc) is 2.55. The summed E-state index contributed by atoms with van der Waals surface area (Å²) in [6.45, 7) is 2.15. The van der Waals surface area contributed by atoms with Crippen LogP contribution in [0.3, 0.4) is 0 Å². The van der Waals surface area contributed by atoms with E-state index in [1.807, 2.05) is 0 Å². The third kappa shape index (κ3) is 3.00. The zero-order valence-corrected chi connectivity index (χ0v) is 9.57. The van der Waals surface area contributed by atoms with Gasteiger partial charge in [0.1, 0.15) is 11.6 Å². The molecule has 0 unspecified atom stereocenters. The molecule has 1 aliphatic heterocycles. The Morgan fingerprint density at radius 3 is 2.72 bits per heavy atom. The number of nitrogens with two attached hydrogens (primary N) is 1. The molecule has 100 valence electrons. The predicted octanol–water partition coefficient (Wildman–Crippen LogP) is 1.30. The number of halogens is 3. The van der Waals surface area contributed by atoms with Gasteiger partial charge in [0, 0.05) is 25.8 Å². The van der Waals surface area contributed by atoms with Crippen LogP contribution in [0, 0.1) is 0 Å². The van der Waals surface area contributed by atoms with Gasteiger partial charge in [0.2, 0.25) is 5.82 Å². The van der Waals surface area contributed by atoms with Gasteiger partial charge >= 0.3 is 6.18 Å². The van der Waals surface area contributed by atoms with Crippen LogP contribution >= 0.6 is 0 Å². The highest BCUT2D eigenvalue weighted by molar-refractivity contribution is 5.47. The fraction of sp³-hybridized carbons (Fsp3) is 0.600. The lowest BCUT2D eigenvalue weighted by Gasteiger charge is -2.21. The van der Waals surface area contributed by atoms with Crippen molar-refractivity contribution in [1.82, 2.24) is 9.97 Å². The second kappa shape index (κ2) is 4.97. The molecule has 1 aromatic heterocycles. The number of anilines is 2. The van der Waals surface area contributed by atoms with E-state index in [2.05, 4.69) is 9.97 Å². The van der Waals surface area contributed by atoms with Gasteiger partial charge in [-0.3, -0.25) is 0 Å². The Labute approximate surface area is 102 Å². The summed E-state index contributed by atoms with van der Waals surface area (Å²) < 4.78 is 43.0. The van der Waals surface area contributed by atoms with E-state index in [9.17, 15) is 13.2 Å². The summed E-state index contributed by atoms with van der Waals surface area (Å²) in [5, 5.41) is 0. The van der Waals surface area contributed by atoms with Gasteiger partial charge in [-0.05, 0) is 6.42 Å². The molecule has 8 heteroatoms. The summed E-state index contributed by atoms with van der Waals surface area (Å²) >= 11 is 0. The highest BCUT2D eigenvalue weighted by atomic mass is 19.4. The van der Waals surface area contributed by atoms with E-state index in [1.54, 1.807) is 4.90 Å². The molecule has 1 fully saturated rings. The minimum absolute atomic E-state index is 0.183. The van der Waals surface area contributed by atoms with Crippen LogP contribution in [0.5, 0.6) is 0 Å². The smallest absolute Gasteiger partial charge is 0.384 e. The number of rotatable bonds is 1. The van der Waals surface area contributed by atoms with Crippen molar-refractivity contribution in [3.8, 4) is 0 Å². The van der Waals surface area contributed by atoms with Crippen LogP contribution in [-0.4, -0.2) is 36.3 Å². The lowest BCUT2D eigenvalue weighted by atomic mass is 10.3. The van der Waals surface area contributed by atoms with Gasteiger partial charge in [-0.2, -0.15) is 13.2 Å². The summed E-state index contributed by atoms with van der Waals surface area (Å²) in [6, 6.07) is 1.35. The quantitative estimate of drug-likeness (QED) is 0.826. The molecule has 2 rings (SSSR count). The topological polar surface area (TPSA) is 64.3 Å². The Balaban J connectivity index is 2.29. The minimum Gasteiger partial charge on any atom is -0.384 e. The summed E-state index contributed by atoms with van der Waals surface area (Å²) in [5.41, 5.74) is 5.39. The maximum absolute atomic E-state index is 12.6. The van der Waals surface area contributed by atoms with Crippen molar-refractivity contribution in [3.63, 3.8) is 0 Å². The monoisotopic (exact) mass is 262 g/mol. The number of ether oxygens (including phenoxy) is 1. The van der Waals surface area contributed by atoms with Crippen molar-refractivity contribution in [2.24, 2.45) is 0 Å². The van der Waals surface area contributed by atoms with Gasteiger partial charge in [0.05, 0.1) is 6.61 Å². The normalized spacial score (nSPS) is 17.6. The summed E-state index contributed by atoms with van der Waals surface area (Å²) in [7, 11) is 0. The maximum atomic E-state index is 12.6. The molecule has 0 amide bonds. The lowest BCUT2D eigenvalue weighted by molar-refractivity contribution is -0.144. The van der Waals surface area contributed by atoms with Crippen LogP contribution in [-0.2, 0) is 10.9 Å². The second-order valence-electron chi connectivity index (χ2n) is 3.93. The molecule has 0 aliphatic carbocycles. The van der Waals surface area contributed by atoms with Gasteiger partial charge in [0.25, 0.3) is 0 Å². The van der Waals surface area contributed by atoms with Crippen molar-refractivity contribution in [3.05, 3.63) is 11.9 Å². The van der Waals surface area contributed by atoms with Crippen molar-refractivity contribution >= 4 is 11.6 Å². The van der Waals surface area contributed by atoms with Crippen molar-refractivity contribution in [2.75, 3.05) is 36.9 Å². The molecule has 0 bridgehead atoms. The molecule has 18 heavy (non-hydrogen) atoms. The molecule has 0 aromatic carbocycles. The Bertz CT molecular complexity index is 416. The predicted molar refractivity (Wildman–Crippen MR) is 59.1 cm³/mol. The zero-order chi connectivity index (χ0) is 13.2. The number of hydrogen-bond acceptors (Lipinski definition) is 5. The number of nitrogens with zero attached hydrogens (tertiary/aromatic N) is 3. The third-order valence-corrected chi connectivity index (χ3v) is 2.53. The van der Waals surface area contributed by atoms with Crippen LogP contribution in [0.15, 0.2) is 6.07 Å². The Morgan fingerprint density at radius 2 is 2.00 bits per heavy atom. The fourth-order valence-corrected chi connectivity index (χ4v) is 1.72. The van der Waals surface area contributed by atoms with Crippen molar-refractivity contribution in [2.45, 2.75) is 12.6 Å². The van der Waals surface area contributed by atoms with Gasteiger partial charge in [-0.1, -0.05) is 0 Å². The fourth-order valence-electron chi connectivity index (χ4n) is 1.72. The van der Waals surface area contributed by atoms with E-state index in [-0.39, 0.29) is 11.6 Å². The highest BCUT2D eigenvalue weighted by Crippen LogP contribution is 2.28. The Kier molecular flexibility index (Phi) is 3.55. The van der Waals surface area contributed by atoms with Crippen LogP contribution < -0.4 is 10.6 Å².